The lowest BCUT2D eigenvalue weighted by atomic mass is 9.95. The molecule has 0 unspecified atom stereocenters. The number of hydrogen-bond acceptors (Lipinski definition) is 8. The number of aliphatic hydroxyl groups excluding tert-OH is 2. The highest BCUT2D eigenvalue weighted by Gasteiger charge is 2.34. The van der Waals surface area contributed by atoms with E-state index in [0.717, 1.165) is 0 Å². The molecule has 7 atom stereocenters. The number of carboxylic acid groups (broad SMARTS) is 1. The van der Waals surface area contributed by atoms with Gasteiger partial charge in [0.05, 0.1) is 37.1 Å². The number of carbonyl (C=O) groups is 6. The van der Waals surface area contributed by atoms with E-state index in [1.165, 1.54) is 6.92 Å². The molecule has 0 aliphatic carbocycles. The fraction of sp³-hybridized carbons (Fsp3) is 0.818. The number of aliphatic carboxylic acids is 1. The zero-order valence-electron chi connectivity index (χ0n) is 29.9. The van der Waals surface area contributed by atoms with Crippen molar-refractivity contribution in [3.63, 3.8) is 0 Å². The third-order valence-electron chi connectivity index (χ3n) is 7.57. The highest BCUT2D eigenvalue weighted by molar-refractivity contribution is 5.92. The molecule has 0 heterocycles. The van der Waals surface area contributed by atoms with Crippen LogP contribution in [0.2, 0.25) is 0 Å². The molecular formula is C33H61N5O9. The highest BCUT2D eigenvalue weighted by Crippen LogP contribution is 2.15. The summed E-state index contributed by atoms with van der Waals surface area (Å²) in [6, 6.07) is -4.59. The van der Waals surface area contributed by atoms with Crippen molar-refractivity contribution in [2.75, 3.05) is 0 Å². The van der Waals surface area contributed by atoms with Gasteiger partial charge in [0.25, 0.3) is 0 Å². The molecule has 0 rings (SSSR count). The minimum atomic E-state index is -1.33. The highest BCUT2D eigenvalue weighted by atomic mass is 16.4. The number of aliphatic hydroxyl groups is 2. The quantitative estimate of drug-likeness (QED) is 0.0827. The van der Waals surface area contributed by atoms with Crippen molar-refractivity contribution in [3.05, 3.63) is 0 Å². The number of nitrogens with one attached hydrogen (secondary N) is 5. The van der Waals surface area contributed by atoms with Crippen LogP contribution in [0, 0.1) is 23.7 Å². The first-order valence-corrected chi connectivity index (χ1v) is 16.8. The van der Waals surface area contributed by atoms with Gasteiger partial charge in [-0.3, -0.25) is 28.8 Å². The van der Waals surface area contributed by atoms with Crippen LogP contribution in [0.5, 0.6) is 0 Å². The maximum absolute atomic E-state index is 13.5. The van der Waals surface area contributed by atoms with Crippen LogP contribution in [0.25, 0.3) is 0 Å². The van der Waals surface area contributed by atoms with Gasteiger partial charge in [0.2, 0.25) is 29.5 Å². The monoisotopic (exact) mass is 671 g/mol. The largest absolute Gasteiger partial charge is 0.481 e. The Bertz CT molecular complexity index is 1030. The Morgan fingerprint density at radius 1 is 0.553 bits per heavy atom. The van der Waals surface area contributed by atoms with E-state index in [9.17, 15) is 39.0 Å². The third-order valence-corrected chi connectivity index (χ3v) is 7.57. The van der Waals surface area contributed by atoms with Crippen molar-refractivity contribution in [3.8, 4) is 0 Å². The van der Waals surface area contributed by atoms with Gasteiger partial charge in [-0.25, -0.2) is 0 Å². The van der Waals surface area contributed by atoms with Gasteiger partial charge in [-0.2, -0.15) is 0 Å². The number of hydrogen-bond donors (Lipinski definition) is 8. The Balaban J connectivity index is 5.58. The maximum atomic E-state index is 13.5. The summed E-state index contributed by atoms with van der Waals surface area (Å²) < 4.78 is 0. The minimum absolute atomic E-state index is 0.0176. The molecule has 47 heavy (non-hydrogen) atoms. The molecule has 0 radical (unpaired) electrons. The maximum Gasteiger partial charge on any atom is 0.306 e. The predicted molar refractivity (Wildman–Crippen MR) is 178 cm³/mol. The first-order chi connectivity index (χ1) is 21.7. The Hall–Kier alpha value is -3.26. The number of carbonyl (C=O) groups excluding carboxylic acids is 5. The Kier molecular flexibility index (Phi) is 20.1. The SMILES string of the molecule is CCCC(=O)N[C@H](C(=O)N[C@@H](C(=O)N[C@H](CC(C)C)[C@H](O)CC(=O)N[C@H](C)C(=O)N[C@H](CC(C)C)[C@H](O)CC(=O)O)C(C)C)C(C)C. The zero-order valence-corrected chi connectivity index (χ0v) is 29.9. The van der Waals surface area contributed by atoms with Gasteiger partial charge in [-0.15, -0.1) is 0 Å². The van der Waals surface area contributed by atoms with Gasteiger partial charge in [-0.05, 0) is 49.9 Å². The third kappa shape index (κ3) is 17.5. The molecule has 5 amide bonds. The number of rotatable bonds is 22. The van der Waals surface area contributed by atoms with Crippen molar-refractivity contribution in [2.24, 2.45) is 23.7 Å². The van der Waals surface area contributed by atoms with E-state index in [0.29, 0.717) is 19.3 Å². The molecule has 0 spiro atoms. The molecule has 0 fully saturated rings. The molecule has 0 aromatic rings. The molecule has 0 aromatic heterocycles. The number of amides is 5. The first kappa shape index (κ1) is 43.7. The molecule has 272 valence electrons. The van der Waals surface area contributed by atoms with Crippen LogP contribution in [0.15, 0.2) is 0 Å². The molecule has 8 N–H and O–H groups in total. The lowest BCUT2D eigenvalue weighted by Crippen LogP contribution is -2.59. The van der Waals surface area contributed by atoms with Crippen LogP contribution < -0.4 is 26.6 Å². The van der Waals surface area contributed by atoms with Gasteiger partial charge in [0.1, 0.15) is 18.1 Å². The van der Waals surface area contributed by atoms with E-state index in [-0.39, 0.29) is 36.0 Å². The molecule has 0 saturated heterocycles. The average molecular weight is 672 g/mol. The summed E-state index contributed by atoms with van der Waals surface area (Å²) in [6.07, 6.45) is -2.12. The lowest BCUT2D eigenvalue weighted by molar-refractivity contribution is -0.140. The molecule has 0 aliphatic heterocycles. The zero-order chi connectivity index (χ0) is 36.6. The van der Waals surface area contributed by atoms with Crippen molar-refractivity contribution < 1.29 is 44.1 Å². The average Bonchev–Trinajstić information content (AvgIpc) is 2.92. The van der Waals surface area contributed by atoms with E-state index in [2.05, 4.69) is 26.6 Å². The fourth-order valence-electron chi connectivity index (χ4n) is 5.03. The van der Waals surface area contributed by atoms with Gasteiger partial charge < -0.3 is 41.9 Å². The van der Waals surface area contributed by atoms with E-state index in [4.69, 9.17) is 5.11 Å². The van der Waals surface area contributed by atoms with Crippen LogP contribution in [0.3, 0.4) is 0 Å². The van der Waals surface area contributed by atoms with Crippen LogP contribution in [-0.2, 0) is 28.8 Å². The van der Waals surface area contributed by atoms with Gasteiger partial charge in [0.15, 0.2) is 0 Å². The van der Waals surface area contributed by atoms with Gasteiger partial charge >= 0.3 is 5.97 Å². The molecule has 0 aliphatic rings. The smallest absolute Gasteiger partial charge is 0.306 e. The molecule has 14 nitrogen and oxygen atoms in total. The molecule has 14 heteroatoms. The van der Waals surface area contributed by atoms with E-state index < -0.39 is 84.9 Å². The van der Waals surface area contributed by atoms with Gasteiger partial charge in [0, 0.05) is 6.42 Å². The summed E-state index contributed by atoms with van der Waals surface area (Å²) in [5.41, 5.74) is 0. The van der Waals surface area contributed by atoms with Crippen LogP contribution in [0.1, 0.15) is 108 Å². The second-order valence-corrected chi connectivity index (χ2v) is 14.0. The fourth-order valence-corrected chi connectivity index (χ4v) is 5.03. The normalized spacial score (nSPS) is 16.1. The van der Waals surface area contributed by atoms with Crippen molar-refractivity contribution in [1.29, 1.82) is 0 Å². The summed E-state index contributed by atoms with van der Waals surface area (Å²) in [7, 11) is 0. The predicted octanol–water partition coefficient (Wildman–Crippen LogP) is 1.22. The second kappa shape index (κ2) is 21.6. The second-order valence-electron chi connectivity index (χ2n) is 14.0. The Labute approximate surface area is 280 Å². The Morgan fingerprint density at radius 3 is 1.40 bits per heavy atom. The lowest BCUT2D eigenvalue weighted by Gasteiger charge is -2.31. The van der Waals surface area contributed by atoms with Crippen LogP contribution in [0.4, 0.5) is 0 Å². The summed E-state index contributed by atoms with van der Waals surface area (Å²) in [5.74, 6) is -4.33. The van der Waals surface area contributed by atoms with Crippen molar-refractivity contribution in [2.45, 2.75) is 150 Å². The van der Waals surface area contributed by atoms with Gasteiger partial charge in [-0.1, -0.05) is 62.3 Å². The van der Waals surface area contributed by atoms with E-state index >= 15 is 0 Å². The standard InChI is InChI=1S/C33H61N5O9/c1-11-12-26(41)37-29(19(6)7)33(47)38-30(20(8)9)32(46)36-22(13-17(2)3)24(39)15-27(42)34-21(10)31(45)35-23(14-18(4)5)25(40)16-28(43)44/h17-25,29-30,39-40H,11-16H2,1-10H3,(H,34,42)(H,35,45)(H,36,46)(H,37,41)(H,38,47)(H,43,44)/t21-,22-,23-,24-,25-,29+,30-/m1/s1. The summed E-state index contributed by atoms with van der Waals surface area (Å²) in [6.45, 7) is 17.9. The van der Waals surface area contributed by atoms with Crippen molar-refractivity contribution in [1.82, 2.24) is 26.6 Å². The summed E-state index contributed by atoms with van der Waals surface area (Å²) in [4.78, 5) is 75.6. The first-order valence-electron chi connectivity index (χ1n) is 16.8. The van der Waals surface area contributed by atoms with Crippen LogP contribution >= 0.6 is 0 Å². The molecule has 0 aromatic carbocycles. The summed E-state index contributed by atoms with van der Waals surface area (Å²) >= 11 is 0. The molecule has 0 saturated carbocycles. The molecular weight excluding hydrogens is 610 g/mol. The number of carboxylic acids is 1. The topological polar surface area (TPSA) is 223 Å². The van der Waals surface area contributed by atoms with E-state index in [1.807, 2.05) is 34.6 Å². The van der Waals surface area contributed by atoms with Crippen LogP contribution in [-0.4, -0.2) is 93.2 Å². The summed E-state index contributed by atoms with van der Waals surface area (Å²) in [5, 5.41) is 43.8. The minimum Gasteiger partial charge on any atom is -0.481 e. The molecule has 0 bridgehead atoms. The van der Waals surface area contributed by atoms with E-state index in [1.54, 1.807) is 27.7 Å². The van der Waals surface area contributed by atoms with Crippen molar-refractivity contribution >= 4 is 35.5 Å². The Morgan fingerprint density at radius 2 is 0.979 bits per heavy atom.